The zero-order chi connectivity index (χ0) is 69.0. The number of aliphatic hydroxyl groups is 1. The van der Waals surface area contributed by atoms with Crippen molar-refractivity contribution in [2.75, 3.05) is 55.9 Å². The van der Waals surface area contributed by atoms with Gasteiger partial charge in [-0.15, -0.1) is 6.58 Å². The average molecular weight is 1260 g/mol. The van der Waals surface area contributed by atoms with Crippen molar-refractivity contribution in [1.29, 1.82) is 0 Å². The SMILES string of the molecule is C=CCO[C@@H]1C(=O)N(C)[C@@H](CC(C)C)C(=O)N[C@@H](C(C)C)C(=O)N(C)[C@@H](CC(C)C)C(=O)N[C@@H](C)C(=O)N[C@H](C)C(=O)N(C)[C@@H](CC(C)C)C(=O)N(C)[C@@H](CC(C)C)C(=O)N(C)[C@@H](C(C)C)C(=O)N(C)[C@@H]([C@H](O)[C@H](C)C/C=C/C)C(=O)N[C@@H](CC)C(=O)N1C. The van der Waals surface area contributed by atoms with Crippen LogP contribution < -0.4 is 21.3 Å². The monoisotopic (exact) mass is 1260 g/mol. The first kappa shape index (κ1) is 80.6. The Morgan fingerprint density at radius 2 is 0.888 bits per heavy atom. The summed E-state index contributed by atoms with van der Waals surface area (Å²) in [6.45, 7) is 33.2. The second-order valence-electron chi connectivity index (χ2n) is 26.8. The van der Waals surface area contributed by atoms with Gasteiger partial charge in [0.2, 0.25) is 65.3 Å². The van der Waals surface area contributed by atoms with Crippen molar-refractivity contribution in [1.82, 2.24) is 55.6 Å². The maximum atomic E-state index is 15.2. The van der Waals surface area contributed by atoms with Crippen molar-refractivity contribution in [3.8, 4) is 0 Å². The van der Waals surface area contributed by atoms with Crippen LogP contribution in [0.3, 0.4) is 0 Å². The molecule has 5 N–H and O–H groups in total. The van der Waals surface area contributed by atoms with Crippen molar-refractivity contribution >= 4 is 65.0 Å². The predicted molar refractivity (Wildman–Crippen MR) is 344 cm³/mol. The summed E-state index contributed by atoms with van der Waals surface area (Å²) < 4.78 is 6.00. The Balaban J connectivity index is 4.48. The highest BCUT2D eigenvalue weighted by atomic mass is 16.5. The molecular weight excluding hydrogens is 1140 g/mol. The molecule has 1 aliphatic rings. The van der Waals surface area contributed by atoms with Crippen LogP contribution in [0.4, 0.5) is 0 Å². The molecular formula is C65H115N11O13. The van der Waals surface area contributed by atoms with Crippen LogP contribution in [0.2, 0.25) is 0 Å². The molecule has 1 aliphatic heterocycles. The summed E-state index contributed by atoms with van der Waals surface area (Å²) in [6, 6.07) is -12.8. The van der Waals surface area contributed by atoms with Gasteiger partial charge in [0.15, 0.2) is 0 Å². The topological polar surface area (TPSA) is 288 Å². The smallest absolute Gasteiger partial charge is 0.273 e. The van der Waals surface area contributed by atoms with Gasteiger partial charge in [-0.25, -0.2) is 0 Å². The molecule has 24 nitrogen and oxygen atoms in total. The molecule has 1 saturated heterocycles. The van der Waals surface area contributed by atoms with Crippen LogP contribution in [0.1, 0.15) is 156 Å². The van der Waals surface area contributed by atoms with E-state index in [-0.39, 0.29) is 68.8 Å². The summed E-state index contributed by atoms with van der Waals surface area (Å²) in [5, 5.41) is 23.2. The molecule has 0 saturated carbocycles. The van der Waals surface area contributed by atoms with Gasteiger partial charge in [0.05, 0.1) is 12.7 Å². The highest BCUT2D eigenvalue weighted by molar-refractivity contribution is 6.00. The second kappa shape index (κ2) is 37.0. The number of rotatable bonds is 18. The standard InChI is InChI=1S/C65H115N11O13/c1-26-29-30-42(16)53(77)52-57(81)68-45(28-3)59(83)76(25)65(89-31-27-2)64(88)71(20)47(33-37(6)7)56(80)69-50(40(12)13)62(86)70(19)46(32-36(4)5)55(79)66-43(17)54(78)67-44(18)58(82)72(21)48(34-38(8)9)60(84)73(22)49(35-39(10)11)61(85)74(23)51(41(14)15)63(87)75(52)24/h26-27,29,36-53,65,77H,2,28,30-35H2,1,3-25H3,(H,66,79)(H,67,78)(H,68,81)(H,69,80)/b29-26+/t42-,43+,44-,45+,46+,47+,48+,49+,50+,51+,52+,53-,65-/m1/s1. The number of carbonyl (C=O) groups is 11. The van der Waals surface area contributed by atoms with E-state index in [0.29, 0.717) is 0 Å². The Bertz CT molecular complexity index is 2450. The van der Waals surface area contributed by atoms with Gasteiger partial charge in [0.25, 0.3) is 5.91 Å². The van der Waals surface area contributed by atoms with E-state index in [0.717, 1.165) is 14.7 Å². The summed E-state index contributed by atoms with van der Waals surface area (Å²) in [5.74, 6) is -10.5. The van der Waals surface area contributed by atoms with Crippen molar-refractivity contribution in [3.05, 3.63) is 24.8 Å². The van der Waals surface area contributed by atoms with E-state index in [9.17, 15) is 38.7 Å². The summed E-state index contributed by atoms with van der Waals surface area (Å²) in [6.07, 6.45) is 2.41. The number of amides is 11. The largest absolute Gasteiger partial charge is 0.390 e. The van der Waals surface area contributed by atoms with Gasteiger partial charge >= 0.3 is 0 Å². The Morgan fingerprint density at radius 3 is 1.33 bits per heavy atom. The second-order valence-corrected chi connectivity index (χ2v) is 26.8. The molecule has 0 aromatic rings. The molecule has 0 aromatic heterocycles. The first-order valence-electron chi connectivity index (χ1n) is 31.8. The minimum atomic E-state index is -1.71. The van der Waals surface area contributed by atoms with Gasteiger partial charge in [0, 0.05) is 49.3 Å². The number of aliphatic hydroxyl groups excluding tert-OH is 1. The summed E-state index contributed by atoms with van der Waals surface area (Å²) in [4.78, 5) is 170. The fourth-order valence-electron chi connectivity index (χ4n) is 11.0. The normalized spacial score (nSPS) is 27.0. The summed E-state index contributed by atoms with van der Waals surface area (Å²) >= 11 is 0. The number of likely N-dealkylation sites (N-methyl/N-ethyl adjacent to an activating group) is 7. The lowest BCUT2D eigenvalue weighted by atomic mass is 9.91. The number of nitrogens with one attached hydrogen (secondary N) is 4. The predicted octanol–water partition coefficient (Wildman–Crippen LogP) is 3.80. The third kappa shape index (κ3) is 22.5. The third-order valence-corrected chi connectivity index (χ3v) is 16.6. The van der Waals surface area contributed by atoms with Gasteiger partial charge in [0.1, 0.15) is 60.4 Å². The molecule has 0 spiro atoms. The molecule has 1 heterocycles. The summed E-state index contributed by atoms with van der Waals surface area (Å²) in [5.41, 5.74) is 0. The van der Waals surface area contributed by atoms with Gasteiger partial charge in [-0.3, -0.25) is 52.7 Å². The highest BCUT2D eigenvalue weighted by Gasteiger charge is 2.46. The van der Waals surface area contributed by atoms with Crippen LogP contribution in [-0.2, 0) is 57.5 Å². The lowest BCUT2D eigenvalue weighted by Crippen LogP contribution is -2.64. The molecule has 0 aliphatic carbocycles. The quantitative estimate of drug-likeness (QED) is 0.122. The number of carbonyl (C=O) groups excluding carboxylic acids is 11. The molecule has 508 valence electrons. The maximum absolute atomic E-state index is 15.2. The minimum absolute atomic E-state index is 0.0523. The molecule has 0 radical (unpaired) electrons. The van der Waals surface area contributed by atoms with E-state index in [1.807, 2.05) is 55.4 Å². The Morgan fingerprint density at radius 1 is 0.472 bits per heavy atom. The van der Waals surface area contributed by atoms with Crippen LogP contribution in [0.15, 0.2) is 24.8 Å². The molecule has 1 fully saturated rings. The van der Waals surface area contributed by atoms with E-state index in [4.69, 9.17) is 4.74 Å². The molecule has 13 atom stereocenters. The van der Waals surface area contributed by atoms with Gasteiger partial charge < -0.3 is 65.4 Å². The molecule has 1 rings (SSSR count). The van der Waals surface area contributed by atoms with E-state index in [1.165, 1.54) is 88.9 Å². The van der Waals surface area contributed by atoms with Crippen LogP contribution in [0.25, 0.3) is 0 Å². The molecule has 0 aromatic carbocycles. The average Bonchev–Trinajstić information content (AvgIpc) is 3.47. The summed E-state index contributed by atoms with van der Waals surface area (Å²) in [7, 11) is 9.74. The van der Waals surface area contributed by atoms with Crippen molar-refractivity contribution in [2.45, 2.75) is 229 Å². The Kier molecular flexibility index (Phi) is 33.5. The van der Waals surface area contributed by atoms with Crippen LogP contribution in [-0.4, -0.2) is 233 Å². The van der Waals surface area contributed by atoms with Gasteiger partial charge in [-0.05, 0) is 101 Å². The van der Waals surface area contributed by atoms with E-state index < -0.39 is 155 Å². The van der Waals surface area contributed by atoms with Crippen LogP contribution >= 0.6 is 0 Å². The fraction of sp³-hybridized carbons (Fsp3) is 0.769. The van der Waals surface area contributed by atoms with Crippen LogP contribution in [0, 0.1) is 41.4 Å². The number of ether oxygens (including phenoxy) is 1. The molecule has 0 bridgehead atoms. The highest BCUT2D eigenvalue weighted by Crippen LogP contribution is 2.26. The van der Waals surface area contributed by atoms with Crippen molar-refractivity contribution in [2.24, 2.45) is 41.4 Å². The number of hydrogen-bond acceptors (Lipinski definition) is 13. The minimum Gasteiger partial charge on any atom is -0.390 e. The Hall–Kier alpha value is -6.43. The molecule has 24 heteroatoms. The first-order valence-corrected chi connectivity index (χ1v) is 31.8. The van der Waals surface area contributed by atoms with Crippen molar-refractivity contribution < 1.29 is 62.6 Å². The van der Waals surface area contributed by atoms with Crippen molar-refractivity contribution in [3.63, 3.8) is 0 Å². The zero-order valence-corrected chi connectivity index (χ0v) is 58.3. The molecule has 0 unspecified atom stereocenters. The first-order chi connectivity index (χ1) is 41.2. The van der Waals surface area contributed by atoms with Gasteiger partial charge in [-0.1, -0.05) is 115 Å². The number of hydrogen-bond donors (Lipinski definition) is 5. The van der Waals surface area contributed by atoms with Gasteiger partial charge in [-0.2, -0.15) is 0 Å². The van der Waals surface area contributed by atoms with E-state index in [2.05, 4.69) is 27.8 Å². The Labute approximate surface area is 532 Å². The molecule has 89 heavy (non-hydrogen) atoms. The number of nitrogens with zero attached hydrogens (tertiary/aromatic N) is 7. The van der Waals surface area contributed by atoms with E-state index >= 15 is 19.2 Å². The number of allylic oxidation sites excluding steroid dienone is 2. The van der Waals surface area contributed by atoms with Crippen LogP contribution in [0.5, 0.6) is 0 Å². The lowest BCUT2D eigenvalue weighted by Gasteiger charge is -2.41. The molecule has 11 amide bonds. The van der Waals surface area contributed by atoms with E-state index in [1.54, 1.807) is 60.6 Å². The lowest BCUT2D eigenvalue weighted by molar-refractivity contribution is -0.166. The maximum Gasteiger partial charge on any atom is 0.273 e. The zero-order valence-electron chi connectivity index (χ0n) is 58.3. The fourth-order valence-corrected chi connectivity index (χ4v) is 11.0. The third-order valence-electron chi connectivity index (χ3n) is 16.6.